The van der Waals surface area contributed by atoms with E-state index in [1.165, 1.54) is 0 Å². The summed E-state index contributed by atoms with van der Waals surface area (Å²) in [5.41, 5.74) is 10.3. The molecule has 2 aromatic heterocycles. The van der Waals surface area contributed by atoms with Gasteiger partial charge in [0.05, 0.1) is 22.9 Å². The number of ketones is 1. The third-order valence-corrected chi connectivity index (χ3v) is 5.49. The lowest BCUT2D eigenvalue weighted by atomic mass is 9.85. The number of carbonyl (C=O) groups is 2. The third-order valence-electron chi connectivity index (χ3n) is 5.49. The van der Waals surface area contributed by atoms with Crippen molar-refractivity contribution in [2.45, 2.75) is 39.2 Å². The fourth-order valence-electron chi connectivity index (χ4n) is 4.26. The maximum absolute atomic E-state index is 13.3. The van der Waals surface area contributed by atoms with E-state index < -0.39 is 11.8 Å². The van der Waals surface area contributed by atoms with Gasteiger partial charge in [-0.05, 0) is 45.0 Å². The lowest BCUT2D eigenvalue weighted by Crippen LogP contribution is -2.34. The molecule has 3 aromatic rings. The van der Waals surface area contributed by atoms with Crippen LogP contribution >= 0.6 is 0 Å². The highest BCUT2D eigenvalue weighted by atomic mass is 16.1. The number of amides is 1. The molecule has 0 radical (unpaired) electrons. The molecule has 1 aromatic carbocycles. The van der Waals surface area contributed by atoms with Gasteiger partial charge in [-0.25, -0.2) is 0 Å². The Hall–Kier alpha value is -3.41. The minimum atomic E-state index is -0.490. The topological polar surface area (TPSA) is 90.0 Å². The molecule has 1 amide bonds. The summed E-state index contributed by atoms with van der Waals surface area (Å²) < 4.78 is 2.18. The van der Waals surface area contributed by atoms with Crippen LogP contribution in [0.3, 0.4) is 0 Å². The molecule has 0 saturated heterocycles. The monoisotopic (exact) mass is 402 g/mol. The van der Waals surface area contributed by atoms with Gasteiger partial charge in [0, 0.05) is 47.7 Å². The van der Waals surface area contributed by atoms with Crippen LogP contribution in [-0.2, 0) is 16.8 Å². The van der Waals surface area contributed by atoms with Crippen molar-refractivity contribution in [1.82, 2.24) is 9.55 Å². The number of benzene rings is 1. The number of nitrogens with zero attached hydrogens (tertiary/aromatic N) is 2. The van der Waals surface area contributed by atoms with E-state index in [9.17, 15) is 9.59 Å². The molecule has 30 heavy (non-hydrogen) atoms. The molecular formula is C24H26N4O2. The summed E-state index contributed by atoms with van der Waals surface area (Å²) >= 11 is 0. The second-order valence-corrected chi connectivity index (χ2v) is 8.71. The summed E-state index contributed by atoms with van der Waals surface area (Å²) in [6.45, 7) is 6.30. The molecule has 4 rings (SSSR count). The summed E-state index contributed by atoms with van der Waals surface area (Å²) in [4.78, 5) is 29.4. The number of nitrogens with one attached hydrogen (secondary N) is 1. The highest BCUT2D eigenvalue weighted by Gasteiger charge is 2.38. The first-order valence-electron chi connectivity index (χ1n) is 10.1. The predicted octanol–water partition coefficient (Wildman–Crippen LogP) is 4.28. The van der Waals surface area contributed by atoms with Crippen molar-refractivity contribution in [2.24, 2.45) is 11.7 Å². The summed E-state index contributed by atoms with van der Waals surface area (Å²) in [7, 11) is 0. The molecule has 0 aliphatic heterocycles. The molecule has 3 N–H and O–H groups in total. The van der Waals surface area contributed by atoms with Gasteiger partial charge in [0.1, 0.15) is 0 Å². The van der Waals surface area contributed by atoms with Gasteiger partial charge in [0.2, 0.25) is 5.91 Å². The van der Waals surface area contributed by atoms with Crippen molar-refractivity contribution in [2.75, 3.05) is 5.32 Å². The van der Waals surface area contributed by atoms with Crippen LogP contribution in [0.15, 0.2) is 54.9 Å². The maximum atomic E-state index is 13.3. The molecule has 6 nitrogen and oxygen atoms in total. The van der Waals surface area contributed by atoms with Crippen LogP contribution < -0.4 is 11.1 Å². The van der Waals surface area contributed by atoms with Crippen molar-refractivity contribution in [3.05, 3.63) is 66.1 Å². The number of para-hydroxylation sites is 1. The van der Waals surface area contributed by atoms with Gasteiger partial charge in [-0.15, -0.1) is 0 Å². The number of hydrogen-bond donors (Lipinski definition) is 2. The lowest BCUT2D eigenvalue weighted by molar-refractivity contribution is -0.121. The first kappa shape index (κ1) is 19.9. The number of carbonyl (C=O) groups excluding carboxylic acids is 2. The summed E-state index contributed by atoms with van der Waals surface area (Å²) in [6, 6.07) is 13.7. The van der Waals surface area contributed by atoms with Crippen molar-refractivity contribution in [1.29, 1.82) is 0 Å². The molecule has 1 unspecified atom stereocenters. The van der Waals surface area contributed by atoms with Gasteiger partial charge >= 0.3 is 0 Å². The van der Waals surface area contributed by atoms with E-state index in [0.29, 0.717) is 12.0 Å². The van der Waals surface area contributed by atoms with Gasteiger partial charge in [0.25, 0.3) is 0 Å². The quantitative estimate of drug-likeness (QED) is 0.682. The van der Waals surface area contributed by atoms with Crippen LogP contribution in [0.5, 0.6) is 0 Å². The summed E-state index contributed by atoms with van der Waals surface area (Å²) in [6.07, 6.45) is 4.07. The number of aromatic nitrogens is 2. The molecule has 6 heteroatoms. The molecule has 1 aliphatic rings. The molecule has 0 fully saturated rings. The van der Waals surface area contributed by atoms with Gasteiger partial charge in [-0.1, -0.05) is 18.2 Å². The number of pyridine rings is 1. The van der Waals surface area contributed by atoms with Crippen molar-refractivity contribution >= 4 is 23.1 Å². The molecule has 0 bridgehead atoms. The van der Waals surface area contributed by atoms with Crippen molar-refractivity contribution < 1.29 is 9.59 Å². The SMILES string of the molecule is CC(C)(C)n1c2c(c(Nc3ccccc3)c1-c1ccncc1)C(=O)CC(C(N)=O)C2. The molecular weight excluding hydrogens is 376 g/mol. The number of anilines is 2. The van der Waals surface area contributed by atoms with E-state index in [0.717, 1.165) is 28.3 Å². The molecule has 154 valence electrons. The second kappa shape index (κ2) is 7.44. The Labute approximate surface area is 176 Å². The van der Waals surface area contributed by atoms with Gasteiger partial charge < -0.3 is 15.6 Å². The summed E-state index contributed by atoms with van der Waals surface area (Å²) in [5, 5.41) is 3.49. The van der Waals surface area contributed by atoms with Crippen LogP contribution in [0, 0.1) is 5.92 Å². The molecule has 1 atom stereocenters. The highest BCUT2D eigenvalue weighted by molar-refractivity contribution is 6.09. The van der Waals surface area contributed by atoms with E-state index >= 15 is 0 Å². The molecule has 2 heterocycles. The van der Waals surface area contributed by atoms with Crippen LogP contribution in [0.4, 0.5) is 11.4 Å². The van der Waals surface area contributed by atoms with E-state index in [-0.39, 0.29) is 17.7 Å². The zero-order chi connectivity index (χ0) is 21.5. The average Bonchev–Trinajstić information content (AvgIpc) is 3.04. The average molecular weight is 402 g/mol. The minimum absolute atomic E-state index is 0.0585. The summed E-state index contributed by atoms with van der Waals surface area (Å²) in [5.74, 6) is -0.980. The van der Waals surface area contributed by atoms with Crippen molar-refractivity contribution in [3.8, 4) is 11.3 Å². The Morgan fingerprint density at radius 2 is 1.77 bits per heavy atom. The maximum Gasteiger partial charge on any atom is 0.221 e. The van der Waals surface area contributed by atoms with Crippen molar-refractivity contribution in [3.63, 3.8) is 0 Å². The first-order valence-corrected chi connectivity index (χ1v) is 10.1. The van der Waals surface area contributed by atoms with Crippen LogP contribution in [0.2, 0.25) is 0 Å². The van der Waals surface area contributed by atoms with E-state index in [1.807, 2.05) is 42.5 Å². The Kier molecular flexibility index (Phi) is 4.94. The Bertz CT molecular complexity index is 1100. The predicted molar refractivity (Wildman–Crippen MR) is 118 cm³/mol. The highest BCUT2D eigenvalue weighted by Crippen LogP contribution is 2.45. The van der Waals surface area contributed by atoms with E-state index in [2.05, 4.69) is 35.6 Å². The largest absolute Gasteiger partial charge is 0.369 e. The number of Topliss-reactive ketones (excluding diaryl/α,β-unsaturated/α-hetero) is 1. The van der Waals surface area contributed by atoms with Crippen LogP contribution in [0.25, 0.3) is 11.3 Å². The first-order chi connectivity index (χ1) is 14.3. The fraction of sp³-hybridized carbons (Fsp3) is 0.292. The Morgan fingerprint density at radius 3 is 2.37 bits per heavy atom. The lowest BCUT2D eigenvalue weighted by Gasteiger charge is -2.30. The number of nitrogens with two attached hydrogens (primary N) is 1. The second-order valence-electron chi connectivity index (χ2n) is 8.71. The number of rotatable bonds is 4. The third kappa shape index (κ3) is 3.49. The van der Waals surface area contributed by atoms with Crippen LogP contribution in [-0.4, -0.2) is 21.2 Å². The molecule has 1 aliphatic carbocycles. The van der Waals surface area contributed by atoms with E-state index in [1.54, 1.807) is 12.4 Å². The van der Waals surface area contributed by atoms with Gasteiger partial charge in [-0.3, -0.25) is 14.6 Å². The number of hydrogen-bond acceptors (Lipinski definition) is 4. The normalized spacial score (nSPS) is 16.2. The van der Waals surface area contributed by atoms with E-state index in [4.69, 9.17) is 5.73 Å². The Morgan fingerprint density at radius 1 is 1.10 bits per heavy atom. The number of fused-ring (bicyclic) bond motifs is 1. The van der Waals surface area contributed by atoms with Gasteiger partial charge in [-0.2, -0.15) is 0 Å². The standard InChI is InChI=1S/C24H26N4O2/c1-24(2,3)28-18-13-16(23(25)30)14-19(29)20(18)21(27-17-7-5-4-6-8-17)22(28)15-9-11-26-12-10-15/h4-12,16,27H,13-14H2,1-3H3,(H2,25,30). The molecule has 0 saturated carbocycles. The zero-order valence-corrected chi connectivity index (χ0v) is 17.5. The Balaban J connectivity index is 2.03. The molecule has 0 spiro atoms. The fourth-order valence-corrected chi connectivity index (χ4v) is 4.26. The zero-order valence-electron chi connectivity index (χ0n) is 17.5. The smallest absolute Gasteiger partial charge is 0.221 e. The number of primary amides is 1. The van der Waals surface area contributed by atoms with Crippen LogP contribution in [0.1, 0.15) is 43.2 Å². The minimum Gasteiger partial charge on any atom is -0.369 e. The van der Waals surface area contributed by atoms with Gasteiger partial charge in [0.15, 0.2) is 5.78 Å².